The maximum atomic E-state index is 13.0. The molecule has 0 aromatic heterocycles. The molecule has 4 aliphatic carbocycles. The van der Waals surface area contributed by atoms with Crippen LogP contribution in [0.2, 0.25) is 0 Å². The van der Waals surface area contributed by atoms with Crippen LogP contribution in [-0.2, 0) is 14.3 Å². The molecule has 0 aliphatic heterocycles. The van der Waals surface area contributed by atoms with Gasteiger partial charge in [-0.25, -0.2) is 0 Å². The van der Waals surface area contributed by atoms with E-state index in [0.29, 0.717) is 24.2 Å². The first-order chi connectivity index (χ1) is 13.4. The SMILES string of the molecule is CC(=O)O[C@H]1CC[C@@]2(C)[C@H](CC[C@@H]3[C@@H]2CC[C@]2(C)C(=O)[C@@H](CC(F)(F)F)C[C@@H]32)C1. The van der Waals surface area contributed by atoms with Gasteiger partial charge in [-0.2, -0.15) is 13.2 Å². The number of halogens is 3. The number of alkyl halides is 3. The van der Waals surface area contributed by atoms with Crippen molar-refractivity contribution in [2.24, 2.45) is 40.4 Å². The van der Waals surface area contributed by atoms with Crippen LogP contribution in [0.25, 0.3) is 0 Å². The molecule has 4 saturated carbocycles. The summed E-state index contributed by atoms with van der Waals surface area (Å²) in [5.41, 5.74) is -0.429. The van der Waals surface area contributed by atoms with Gasteiger partial charge in [-0.3, -0.25) is 9.59 Å². The highest BCUT2D eigenvalue weighted by Gasteiger charge is 2.63. The van der Waals surface area contributed by atoms with Gasteiger partial charge in [-0.15, -0.1) is 0 Å². The molecule has 0 bridgehead atoms. The lowest BCUT2D eigenvalue weighted by atomic mass is 9.45. The third-order valence-corrected chi connectivity index (χ3v) is 9.29. The normalized spacial score (nSPS) is 47.2. The summed E-state index contributed by atoms with van der Waals surface area (Å²) in [5, 5.41) is 0. The minimum Gasteiger partial charge on any atom is -0.463 e. The van der Waals surface area contributed by atoms with E-state index in [4.69, 9.17) is 4.74 Å². The van der Waals surface area contributed by atoms with E-state index in [9.17, 15) is 22.8 Å². The molecule has 0 saturated heterocycles. The Morgan fingerprint density at radius 3 is 2.45 bits per heavy atom. The molecule has 3 nitrogen and oxygen atoms in total. The Hall–Kier alpha value is -1.07. The van der Waals surface area contributed by atoms with Crippen molar-refractivity contribution in [1.29, 1.82) is 0 Å². The first kappa shape index (κ1) is 21.2. The molecule has 0 aromatic carbocycles. The summed E-state index contributed by atoms with van der Waals surface area (Å²) in [6, 6.07) is 0. The molecular formula is C23H33F3O3. The average molecular weight is 415 g/mol. The van der Waals surface area contributed by atoms with Gasteiger partial charge in [-0.1, -0.05) is 13.8 Å². The number of rotatable bonds is 2. The Labute approximate surface area is 171 Å². The molecule has 0 heterocycles. The zero-order valence-electron chi connectivity index (χ0n) is 17.7. The van der Waals surface area contributed by atoms with Crippen LogP contribution in [0.4, 0.5) is 13.2 Å². The smallest absolute Gasteiger partial charge is 0.389 e. The third-order valence-electron chi connectivity index (χ3n) is 9.29. The fourth-order valence-electron chi connectivity index (χ4n) is 7.96. The van der Waals surface area contributed by atoms with E-state index in [1.165, 1.54) is 6.92 Å². The van der Waals surface area contributed by atoms with Gasteiger partial charge in [0.05, 0.1) is 6.42 Å². The summed E-state index contributed by atoms with van der Waals surface area (Å²) in [4.78, 5) is 24.3. The zero-order chi connectivity index (χ0) is 21.2. The van der Waals surface area contributed by atoms with Gasteiger partial charge < -0.3 is 4.74 Å². The quantitative estimate of drug-likeness (QED) is 0.544. The summed E-state index contributed by atoms with van der Waals surface area (Å²) in [6.45, 7) is 5.75. The molecule has 164 valence electrons. The number of ether oxygens (including phenoxy) is 1. The second-order valence-corrected chi connectivity index (χ2v) is 10.7. The summed E-state index contributed by atoms with van der Waals surface area (Å²) in [5.74, 6) is 0.191. The number of esters is 1. The lowest BCUT2D eigenvalue weighted by Crippen LogP contribution is -2.54. The average Bonchev–Trinajstić information content (AvgIpc) is 2.85. The highest BCUT2D eigenvalue weighted by molar-refractivity contribution is 5.89. The highest BCUT2D eigenvalue weighted by atomic mass is 19.4. The van der Waals surface area contributed by atoms with Crippen molar-refractivity contribution in [2.75, 3.05) is 0 Å². The van der Waals surface area contributed by atoms with Crippen LogP contribution >= 0.6 is 0 Å². The number of Topliss-reactive ketones (excluding diaryl/α,β-unsaturated/α-hetero) is 1. The lowest BCUT2D eigenvalue weighted by molar-refractivity contribution is -0.160. The summed E-state index contributed by atoms with van der Waals surface area (Å²) >= 11 is 0. The first-order valence-corrected chi connectivity index (χ1v) is 11.2. The molecule has 0 aromatic rings. The van der Waals surface area contributed by atoms with Crippen LogP contribution < -0.4 is 0 Å². The van der Waals surface area contributed by atoms with E-state index in [-0.39, 0.29) is 29.2 Å². The molecule has 0 amide bonds. The third kappa shape index (κ3) is 3.52. The number of hydrogen-bond donors (Lipinski definition) is 0. The maximum absolute atomic E-state index is 13.0. The molecular weight excluding hydrogens is 381 g/mol. The van der Waals surface area contributed by atoms with Crippen molar-refractivity contribution < 1.29 is 27.5 Å². The number of ketones is 1. The number of hydrogen-bond acceptors (Lipinski definition) is 3. The van der Waals surface area contributed by atoms with Crippen molar-refractivity contribution in [3.05, 3.63) is 0 Å². The molecule has 6 heteroatoms. The second-order valence-electron chi connectivity index (χ2n) is 10.7. The van der Waals surface area contributed by atoms with Crippen LogP contribution in [-0.4, -0.2) is 24.0 Å². The first-order valence-electron chi connectivity index (χ1n) is 11.2. The van der Waals surface area contributed by atoms with Crippen LogP contribution in [0, 0.1) is 40.4 Å². The van der Waals surface area contributed by atoms with Crippen LogP contribution in [0.15, 0.2) is 0 Å². The maximum Gasteiger partial charge on any atom is 0.389 e. The van der Waals surface area contributed by atoms with Crippen LogP contribution in [0.1, 0.15) is 78.6 Å². The van der Waals surface area contributed by atoms with Gasteiger partial charge >= 0.3 is 12.1 Å². The minimum atomic E-state index is -4.28. The van der Waals surface area contributed by atoms with Gasteiger partial charge in [0, 0.05) is 18.3 Å². The summed E-state index contributed by atoms with van der Waals surface area (Å²) in [6.07, 6.45) is 1.62. The van der Waals surface area contributed by atoms with E-state index in [1.54, 1.807) is 0 Å². The largest absolute Gasteiger partial charge is 0.463 e. The topological polar surface area (TPSA) is 43.4 Å². The van der Waals surface area contributed by atoms with Gasteiger partial charge in [0.25, 0.3) is 0 Å². The predicted molar refractivity (Wildman–Crippen MR) is 102 cm³/mol. The van der Waals surface area contributed by atoms with Crippen molar-refractivity contribution >= 4 is 11.8 Å². The Kier molecular flexibility index (Phi) is 5.10. The molecule has 29 heavy (non-hydrogen) atoms. The van der Waals surface area contributed by atoms with Gasteiger partial charge in [0.15, 0.2) is 0 Å². The number of carbonyl (C=O) groups is 2. The van der Waals surface area contributed by atoms with Crippen molar-refractivity contribution in [2.45, 2.75) is 90.8 Å². The second kappa shape index (κ2) is 6.98. The van der Waals surface area contributed by atoms with E-state index in [0.717, 1.165) is 44.9 Å². The van der Waals surface area contributed by atoms with Gasteiger partial charge in [-0.05, 0) is 80.5 Å². The van der Waals surface area contributed by atoms with Crippen molar-refractivity contribution in [1.82, 2.24) is 0 Å². The molecule has 4 fully saturated rings. The van der Waals surface area contributed by atoms with Gasteiger partial charge in [0.1, 0.15) is 11.9 Å². The fraction of sp³-hybridized carbons (Fsp3) is 0.913. The lowest BCUT2D eigenvalue weighted by Gasteiger charge is -2.60. The van der Waals surface area contributed by atoms with Crippen LogP contribution in [0.3, 0.4) is 0 Å². The van der Waals surface area contributed by atoms with Crippen molar-refractivity contribution in [3.8, 4) is 0 Å². The van der Waals surface area contributed by atoms with Crippen LogP contribution in [0.5, 0.6) is 0 Å². The summed E-state index contributed by atoms with van der Waals surface area (Å²) < 4.78 is 44.6. The van der Waals surface area contributed by atoms with E-state index < -0.39 is 23.9 Å². The Morgan fingerprint density at radius 2 is 1.79 bits per heavy atom. The molecule has 0 spiro atoms. The van der Waals surface area contributed by atoms with E-state index in [2.05, 4.69) is 6.92 Å². The van der Waals surface area contributed by atoms with Crippen molar-refractivity contribution in [3.63, 3.8) is 0 Å². The molecule has 4 aliphatic rings. The Bertz CT molecular complexity index is 689. The monoisotopic (exact) mass is 414 g/mol. The highest BCUT2D eigenvalue weighted by Crippen LogP contribution is 2.66. The molecule has 8 atom stereocenters. The Balaban J connectivity index is 1.53. The molecule has 0 unspecified atom stereocenters. The zero-order valence-corrected chi connectivity index (χ0v) is 17.7. The predicted octanol–water partition coefficient (Wildman–Crippen LogP) is 5.71. The number of fused-ring (bicyclic) bond motifs is 5. The molecule has 4 rings (SSSR count). The number of carbonyl (C=O) groups excluding carboxylic acids is 2. The molecule has 0 N–H and O–H groups in total. The Morgan fingerprint density at radius 1 is 1.07 bits per heavy atom. The van der Waals surface area contributed by atoms with E-state index >= 15 is 0 Å². The standard InChI is InChI=1S/C23H33F3O3/c1-13(27)29-16-6-8-21(2)15(11-16)4-5-17-18(21)7-9-22(3)19(17)10-14(20(22)28)12-23(24,25)26/h14-19H,4-12H2,1-3H3/t14-,15-,16+,17-,18+,19+,21+,22+/m1/s1. The molecule has 0 radical (unpaired) electrons. The van der Waals surface area contributed by atoms with Gasteiger partial charge in [0.2, 0.25) is 0 Å². The minimum absolute atomic E-state index is 0.000191. The van der Waals surface area contributed by atoms with E-state index in [1.807, 2.05) is 6.92 Å². The fourth-order valence-corrected chi connectivity index (χ4v) is 7.96. The summed E-state index contributed by atoms with van der Waals surface area (Å²) in [7, 11) is 0.